The molecule has 4 heteroatoms. The molecule has 1 heterocycles. The first kappa shape index (κ1) is 12.4. The molecule has 1 unspecified atom stereocenters. The average molecular weight is 241 g/mol. The van der Waals surface area contributed by atoms with Gasteiger partial charge in [-0.25, -0.2) is 8.78 Å². The molecule has 1 aliphatic carbocycles. The number of rotatable bonds is 2. The maximum absolute atomic E-state index is 13.0. The van der Waals surface area contributed by atoms with Crippen molar-refractivity contribution < 1.29 is 13.9 Å². The van der Waals surface area contributed by atoms with Gasteiger partial charge in [0.2, 0.25) is 5.92 Å². The van der Waals surface area contributed by atoms with Crippen LogP contribution in [0.1, 0.15) is 43.0 Å². The highest BCUT2D eigenvalue weighted by Gasteiger charge is 2.37. The Morgan fingerprint density at radius 1 is 1.35 bits per heavy atom. The molecule has 0 saturated heterocycles. The molecule has 1 atom stereocenters. The van der Waals surface area contributed by atoms with Gasteiger partial charge in [-0.3, -0.25) is 4.98 Å². The largest absolute Gasteiger partial charge is 0.388 e. The maximum atomic E-state index is 13.0. The van der Waals surface area contributed by atoms with Crippen LogP contribution in [0.3, 0.4) is 0 Å². The second-order valence-electron chi connectivity index (χ2n) is 4.87. The summed E-state index contributed by atoms with van der Waals surface area (Å²) >= 11 is 0. The van der Waals surface area contributed by atoms with Crippen molar-refractivity contribution in [3.63, 3.8) is 0 Å². The first-order valence-electron chi connectivity index (χ1n) is 5.96. The first-order chi connectivity index (χ1) is 7.98. The van der Waals surface area contributed by atoms with Crippen molar-refractivity contribution in [2.45, 2.75) is 44.6 Å². The number of hydrogen-bond acceptors (Lipinski definition) is 2. The van der Waals surface area contributed by atoms with Crippen LogP contribution in [-0.2, 0) is 0 Å². The molecule has 2 nitrogen and oxygen atoms in total. The molecule has 1 aromatic heterocycles. The number of halogens is 2. The Kier molecular flexibility index (Phi) is 3.43. The summed E-state index contributed by atoms with van der Waals surface area (Å²) in [5.41, 5.74) is 1.61. The predicted molar refractivity (Wildman–Crippen MR) is 60.8 cm³/mol. The van der Waals surface area contributed by atoms with Gasteiger partial charge in [-0.1, -0.05) is 6.07 Å². The van der Waals surface area contributed by atoms with E-state index < -0.39 is 12.0 Å². The van der Waals surface area contributed by atoms with Crippen LogP contribution in [-0.4, -0.2) is 16.0 Å². The fourth-order valence-electron chi connectivity index (χ4n) is 2.30. The minimum absolute atomic E-state index is 0.0702. The summed E-state index contributed by atoms with van der Waals surface area (Å²) in [6.45, 7) is 1.87. The molecule has 94 valence electrons. The van der Waals surface area contributed by atoms with E-state index in [9.17, 15) is 13.9 Å². The molecule has 0 aromatic carbocycles. The number of aromatic nitrogens is 1. The van der Waals surface area contributed by atoms with Gasteiger partial charge in [-0.15, -0.1) is 0 Å². The number of hydrogen-bond donors (Lipinski definition) is 1. The van der Waals surface area contributed by atoms with Crippen molar-refractivity contribution >= 4 is 0 Å². The Labute approximate surface area is 99.7 Å². The molecule has 0 radical (unpaired) electrons. The zero-order chi connectivity index (χ0) is 12.5. The monoisotopic (exact) mass is 241 g/mol. The standard InChI is InChI=1S/C13H17F2NO/c1-9-2-3-11(8-16-9)12(17)10-4-6-13(14,15)7-5-10/h2-3,8,10,12,17H,4-7H2,1H3. The number of nitrogens with zero attached hydrogens (tertiary/aromatic N) is 1. The van der Waals surface area contributed by atoms with E-state index >= 15 is 0 Å². The SMILES string of the molecule is Cc1ccc(C(O)C2CCC(F)(F)CC2)cn1. The van der Waals surface area contributed by atoms with E-state index in [1.165, 1.54) is 0 Å². The van der Waals surface area contributed by atoms with Gasteiger partial charge in [0.05, 0.1) is 6.10 Å². The zero-order valence-electron chi connectivity index (χ0n) is 9.87. The molecule has 1 aromatic rings. The van der Waals surface area contributed by atoms with Gasteiger partial charge in [0.15, 0.2) is 0 Å². The number of aliphatic hydroxyl groups is 1. The lowest BCUT2D eigenvalue weighted by atomic mass is 9.81. The highest BCUT2D eigenvalue weighted by molar-refractivity contribution is 5.16. The van der Waals surface area contributed by atoms with Crippen molar-refractivity contribution in [1.29, 1.82) is 0 Å². The predicted octanol–water partition coefficient (Wildman–Crippen LogP) is 3.25. The van der Waals surface area contributed by atoms with Crippen LogP contribution in [0.5, 0.6) is 0 Å². The van der Waals surface area contributed by atoms with Crippen LogP contribution < -0.4 is 0 Å². The summed E-state index contributed by atoms with van der Waals surface area (Å²) in [7, 11) is 0. The zero-order valence-corrected chi connectivity index (χ0v) is 9.87. The molecular formula is C13H17F2NO. The number of pyridine rings is 1. The van der Waals surface area contributed by atoms with Crippen LogP contribution >= 0.6 is 0 Å². The van der Waals surface area contributed by atoms with E-state index in [0.717, 1.165) is 11.3 Å². The molecule has 1 N–H and O–H groups in total. The van der Waals surface area contributed by atoms with Crippen LogP contribution in [0.25, 0.3) is 0 Å². The Bertz CT molecular complexity index is 368. The van der Waals surface area contributed by atoms with Crippen molar-refractivity contribution in [3.8, 4) is 0 Å². The summed E-state index contributed by atoms with van der Waals surface area (Å²) in [5.74, 6) is -2.61. The number of aryl methyl sites for hydroxylation is 1. The molecule has 0 amide bonds. The normalized spacial score (nSPS) is 22.4. The molecular weight excluding hydrogens is 224 g/mol. The maximum Gasteiger partial charge on any atom is 0.248 e. The molecule has 1 saturated carbocycles. The third-order valence-electron chi connectivity index (χ3n) is 3.48. The molecule has 1 aliphatic rings. The van der Waals surface area contributed by atoms with Crippen LogP contribution in [0.4, 0.5) is 8.78 Å². The van der Waals surface area contributed by atoms with E-state index in [4.69, 9.17) is 0 Å². The van der Waals surface area contributed by atoms with Crippen LogP contribution in [0.15, 0.2) is 18.3 Å². The summed E-state index contributed by atoms with van der Waals surface area (Å²) in [6.07, 6.45) is 1.48. The van der Waals surface area contributed by atoms with Gasteiger partial charge in [-0.2, -0.15) is 0 Å². The molecule has 0 spiro atoms. The summed E-state index contributed by atoms with van der Waals surface area (Å²) in [4.78, 5) is 4.12. The third-order valence-corrected chi connectivity index (χ3v) is 3.48. The van der Waals surface area contributed by atoms with Crippen molar-refractivity contribution in [2.24, 2.45) is 5.92 Å². The van der Waals surface area contributed by atoms with Crippen molar-refractivity contribution in [3.05, 3.63) is 29.6 Å². The molecule has 1 fully saturated rings. The minimum Gasteiger partial charge on any atom is -0.388 e. The summed E-state index contributed by atoms with van der Waals surface area (Å²) in [6, 6.07) is 3.65. The Hall–Kier alpha value is -1.03. The molecule has 2 rings (SSSR count). The molecule has 0 aliphatic heterocycles. The van der Waals surface area contributed by atoms with E-state index in [2.05, 4.69) is 4.98 Å². The topological polar surface area (TPSA) is 33.1 Å². The van der Waals surface area contributed by atoms with E-state index in [0.29, 0.717) is 12.8 Å². The van der Waals surface area contributed by atoms with Gasteiger partial charge in [0, 0.05) is 24.7 Å². The fourth-order valence-corrected chi connectivity index (χ4v) is 2.30. The van der Waals surface area contributed by atoms with Crippen molar-refractivity contribution in [2.75, 3.05) is 0 Å². The van der Waals surface area contributed by atoms with Gasteiger partial charge < -0.3 is 5.11 Å². The first-order valence-corrected chi connectivity index (χ1v) is 5.96. The highest BCUT2D eigenvalue weighted by atomic mass is 19.3. The van der Waals surface area contributed by atoms with Crippen LogP contribution in [0.2, 0.25) is 0 Å². The average Bonchev–Trinajstić information content (AvgIpc) is 2.29. The molecule has 0 bridgehead atoms. The Morgan fingerprint density at radius 2 is 2.00 bits per heavy atom. The van der Waals surface area contributed by atoms with Crippen molar-refractivity contribution in [1.82, 2.24) is 4.98 Å². The van der Waals surface area contributed by atoms with E-state index in [1.807, 2.05) is 19.1 Å². The highest BCUT2D eigenvalue weighted by Crippen LogP contribution is 2.41. The van der Waals surface area contributed by atoms with Crippen LogP contribution in [0, 0.1) is 12.8 Å². The Morgan fingerprint density at radius 3 is 2.53 bits per heavy atom. The smallest absolute Gasteiger partial charge is 0.248 e. The number of aliphatic hydroxyl groups excluding tert-OH is 1. The van der Waals surface area contributed by atoms with E-state index in [-0.39, 0.29) is 18.8 Å². The number of alkyl halides is 2. The summed E-state index contributed by atoms with van der Waals surface area (Å²) < 4.78 is 26.0. The third kappa shape index (κ3) is 3.00. The quantitative estimate of drug-likeness (QED) is 0.862. The lowest BCUT2D eigenvalue weighted by Crippen LogP contribution is -2.27. The van der Waals surface area contributed by atoms with Gasteiger partial charge in [0.1, 0.15) is 0 Å². The molecule has 17 heavy (non-hydrogen) atoms. The van der Waals surface area contributed by atoms with Gasteiger partial charge >= 0.3 is 0 Å². The van der Waals surface area contributed by atoms with E-state index in [1.54, 1.807) is 6.20 Å². The fraction of sp³-hybridized carbons (Fsp3) is 0.615. The van der Waals surface area contributed by atoms with Gasteiger partial charge in [0.25, 0.3) is 0 Å². The lowest BCUT2D eigenvalue weighted by molar-refractivity contribution is -0.0627. The Balaban J connectivity index is 2.01. The van der Waals surface area contributed by atoms with Gasteiger partial charge in [-0.05, 0) is 37.3 Å². The lowest BCUT2D eigenvalue weighted by Gasteiger charge is -2.31. The summed E-state index contributed by atoms with van der Waals surface area (Å²) in [5, 5.41) is 10.1. The second kappa shape index (κ2) is 4.69. The second-order valence-corrected chi connectivity index (χ2v) is 4.87. The minimum atomic E-state index is -2.54.